The third kappa shape index (κ3) is 28.4. The van der Waals surface area contributed by atoms with E-state index in [4.69, 9.17) is 47.4 Å². The molecule has 3 heterocycles. The summed E-state index contributed by atoms with van der Waals surface area (Å²) in [6, 6.07) is 0. The highest BCUT2D eigenvalue weighted by atomic mass is 16.8. The summed E-state index contributed by atoms with van der Waals surface area (Å²) in [7, 11) is 4.12. The Balaban J connectivity index is 1.39. The van der Waals surface area contributed by atoms with Crippen LogP contribution in [0.15, 0.2) is 0 Å². The predicted molar refractivity (Wildman–Crippen MR) is 288 cm³/mol. The maximum atomic E-state index is 12.6. The van der Waals surface area contributed by atoms with Gasteiger partial charge in [0.25, 0.3) is 0 Å². The zero-order valence-electron chi connectivity index (χ0n) is 48.6. The molecule has 14 atom stereocenters. The normalized spacial score (nSPS) is 26.9. The standard InChI is InChI=1S/C57H100N2O20/c1-8-9-21-30-45(44(73-38(2)60)31-24-19-16-18-23-29-42(64)28-22-17-14-12-10-11-13-15-20-25-32-48(66)58-33-26-27-34-59(6)7)77-55-50(68)49(67)46(36-71-55)78-56-51(69)52(43(65)35-70-56)79-57-54(76-41(5)63)53(75-40(4)62)47(37-72-57)74-39(3)61/h43-47,49-57,65,67-69H,8-37H2,1-7H3,(H,58,66)/t43-,44+,45-,46-,47-,49-,50+,51+,52-,53-,54+,55-,56-,57-/m0/s1. The van der Waals surface area contributed by atoms with Crippen molar-refractivity contribution >= 4 is 35.6 Å². The molecule has 79 heavy (non-hydrogen) atoms. The van der Waals surface area contributed by atoms with E-state index in [-0.39, 0.29) is 19.1 Å². The lowest BCUT2D eigenvalue weighted by Crippen LogP contribution is -2.63. The monoisotopic (exact) mass is 1130 g/mol. The van der Waals surface area contributed by atoms with Crippen LogP contribution in [0.1, 0.15) is 195 Å². The first-order valence-electron chi connectivity index (χ1n) is 29.5. The summed E-state index contributed by atoms with van der Waals surface area (Å²) >= 11 is 0. The van der Waals surface area contributed by atoms with Crippen molar-refractivity contribution in [2.24, 2.45) is 0 Å². The zero-order valence-corrected chi connectivity index (χ0v) is 48.6. The number of nitrogens with one attached hydrogen (secondary N) is 1. The van der Waals surface area contributed by atoms with E-state index in [1.54, 1.807) is 0 Å². The molecule has 0 aromatic carbocycles. The molecule has 3 aliphatic rings. The first-order valence-corrected chi connectivity index (χ1v) is 29.5. The minimum Gasteiger partial charge on any atom is -0.460 e. The SMILES string of the molecule is CCCCC[C@H](O[C@@H]1OC[C@H](O[C@@H]2OC[C@H](O)[C@H](O[C@@H]3OC[C@H](OC(C)=O)[C@H](OC(C)=O)[C@H]3OC(C)=O)[C@H]2O)[C@H](O)[C@H]1O)[C@@H](CCCCCCCC(=O)CCCCCCCCCCCCC(=O)NCCCCN(C)C)OC(C)=O. The highest BCUT2D eigenvalue weighted by Crippen LogP contribution is 2.32. The summed E-state index contributed by atoms with van der Waals surface area (Å²) < 4.78 is 57.2. The highest BCUT2D eigenvalue weighted by Gasteiger charge is 2.52. The van der Waals surface area contributed by atoms with Gasteiger partial charge in [0, 0.05) is 53.5 Å². The average Bonchev–Trinajstić information content (AvgIpc) is 3.40. The van der Waals surface area contributed by atoms with Crippen LogP contribution in [0, 0.1) is 0 Å². The zero-order chi connectivity index (χ0) is 58.1. The number of ketones is 1. The Labute approximate surface area is 469 Å². The second kappa shape index (κ2) is 39.9. The number of ether oxygens (including phenoxy) is 10. The van der Waals surface area contributed by atoms with E-state index in [1.807, 2.05) is 0 Å². The molecule has 22 heteroatoms. The van der Waals surface area contributed by atoms with Crippen molar-refractivity contribution in [3.8, 4) is 0 Å². The average molecular weight is 1130 g/mol. The Morgan fingerprint density at radius 3 is 1.61 bits per heavy atom. The maximum absolute atomic E-state index is 12.6. The fraction of sp³-hybridized carbons (Fsp3) is 0.895. The molecule has 3 saturated heterocycles. The summed E-state index contributed by atoms with van der Waals surface area (Å²) in [5, 5.41) is 48.0. The van der Waals surface area contributed by atoms with Gasteiger partial charge in [-0.15, -0.1) is 0 Å². The van der Waals surface area contributed by atoms with Gasteiger partial charge < -0.3 is 78.0 Å². The number of aliphatic hydroxyl groups is 4. The maximum Gasteiger partial charge on any atom is 0.303 e. The Kier molecular flexibility index (Phi) is 35.3. The number of hydrogen-bond donors (Lipinski definition) is 5. The van der Waals surface area contributed by atoms with E-state index < -0.39 is 116 Å². The minimum absolute atomic E-state index is 0.170. The van der Waals surface area contributed by atoms with Gasteiger partial charge in [-0.3, -0.25) is 28.8 Å². The molecule has 0 unspecified atom stereocenters. The van der Waals surface area contributed by atoms with Gasteiger partial charge in [-0.1, -0.05) is 96.8 Å². The molecule has 0 radical (unpaired) electrons. The van der Waals surface area contributed by atoms with Gasteiger partial charge in [-0.25, -0.2) is 0 Å². The summed E-state index contributed by atoms with van der Waals surface area (Å²) in [6.45, 7) is 7.36. The molecule has 0 aromatic rings. The summed E-state index contributed by atoms with van der Waals surface area (Å²) in [4.78, 5) is 75.2. The Morgan fingerprint density at radius 2 is 1.03 bits per heavy atom. The first-order chi connectivity index (χ1) is 37.8. The number of carbonyl (C=O) groups excluding carboxylic acids is 6. The van der Waals surface area contributed by atoms with E-state index in [1.165, 1.54) is 39.0 Å². The summed E-state index contributed by atoms with van der Waals surface area (Å²) in [5.41, 5.74) is 0. The Bertz CT molecular complexity index is 1740. The van der Waals surface area contributed by atoms with Crippen molar-refractivity contribution in [2.45, 2.75) is 281 Å². The van der Waals surface area contributed by atoms with Gasteiger partial charge in [0.15, 0.2) is 37.2 Å². The Hall–Kier alpha value is -3.42. The molecule has 3 rings (SSSR count). The number of rotatable bonds is 41. The third-order valence-electron chi connectivity index (χ3n) is 14.3. The smallest absolute Gasteiger partial charge is 0.303 e. The molecule has 0 spiro atoms. The van der Waals surface area contributed by atoms with Crippen LogP contribution in [-0.2, 0) is 76.1 Å². The Morgan fingerprint density at radius 1 is 0.506 bits per heavy atom. The van der Waals surface area contributed by atoms with Gasteiger partial charge in [0.05, 0.1) is 25.9 Å². The number of unbranched alkanes of at least 4 members (excludes halogenated alkanes) is 16. The molecule has 0 saturated carbocycles. The number of esters is 4. The van der Waals surface area contributed by atoms with Crippen molar-refractivity contribution < 1.29 is 96.6 Å². The van der Waals surface area contributed by atoms with E-state index in [9.17, 15) is 49.2 Å². The van der Waals surface area contributed by atoms with Crippen LogP contribution in [0.3, 0.4) is 0 Å². The number of Topliss-reactive ketones (excluding diaryl/α,β-unsaturated/α-hetero) is 1. The summed E-state index contributed by atoms with van der Waals surface area (Å²) in [5.74, 6) is -2.35. The molecule has 0 aromatic heterocycles. The molecule has 3 aliphatic heterocycles. The molecule has 22 nitrogen and oxygen atoms in total. The van der Waals surface area contributed by atoms with Crippen LogP contribution in [0.25, 0.3) is 0 Å². The van der Waals surface area contributed by atoms with Gasteiger partial charge in [0.1, 0.15) is 48.5 Å². The van der Waals surface area contributed by atoms with Crippen LogP contribution in [0.2, 0.25) is 0 Å². The fourth-order valence-electron chi connectivity index (χ4n) is 10.1. The largest absolute Gasteiger partial charge is 0.460 e. The number of nitrogens with zero attached hydrogens (tertiary/aromatic N) is 1. The number of hydrogen-bond acceptors (Lipinski definition) is 21. The molecular weight excluding hydrogens is 1030 g/mol. The predicted octanol–water partition coefficient (Wildman–Crippen LogP) is 5.40. The molecule has 458 valence electrons. The van der Waals surface area contributed by atoms with E-state index in [0.717, 1.165) is 130 Å². The second-order valence-corrected chi connectivity index (χ2v) is 21.8. The molecular formula is C57H100N2O20. The second-order valence-electron chi connectivity index (χ2n) is 21.8. The van der Waals surface area contributed by atoms with Crippen molar-refractivity contribution in [3.63, 3.8) is 0 Å². The van der Waals surface area contributed by atoms with Crippen molar-refractivity contribution in [3.05, 3.63) is 0 Å². The first kappa shape index (κ1) is 69.8. The molecule has 1 amide bonds. The van der Waals surface area contributed by atoms with Crippen LogP contribution in [-0.4, -0.2) is 194 Å². The van der Waals surface area contributed by atoms with Crippen molar-refractivity contribution in [1.29, 1.82) is 0 Å². The fourth-order valence-corrected chi connectivity index (χ4v) is 10.1. The third-order valence-corrected chi connectivity index (χ3v) is 14.3. The molecule has 0 aliphatic carbocycles. The van der Waals surface area contributed by atoms with Gasteiger partial charge >= 0.3 is 23.9 Å². The number of carbonyl (C=O) groups is 6. The van der Waals surface area contributed by atoms with Crippen molar-refractivity contribution in [2.75, 3.05) is 47.0 Å². The molecule has 5 N–H and O–H groups in total. The van der Waals surface area contributed by atoms with Crippen LogP contribution >= 0.6 is 0 Å². The lowest BCUT2D eigenvalue weighted by molar-refractivity contribution is -0.356. The summed E-state index contributed by atoms with van der Waals surface area (Å²) in [6.07, 6.45) is 3.63. The van der Waals surface area contributed by atoms with Gasteiger partial charge in [-0.05, 0) is 72.0 Å². The van der Waals surface area contributed by atoms with E-state index in [2.05, 4.69) is 31.2 Å². The van der Waals surface area contributed by atoms with Crippen molar-refractivity contribution in [1.82, 2.24) is 10.2 Å². The van der Waals surface area contributed by atoms with E-state index >= 15 is 0 Å². The van der Waals surface area contributed by atoms with E-state index in [0.29, 0.717) is 37.9 Å². The van der Waals surface area contributed by atoms with Crippen LogP contribution < -0.4 is 5.32 Å². The quantitative estimate of drug-likeness (QED) is 0.0291. The molecule has 0 bridgehead atoms. The lowest BCUT2D eigenvalue weighted by Gasteiger charge is -2.45. The topological polar surface area (TPSA) is 291 Å². The highest BCUT2D eigenvalue weighted by molar-refractivity contribution is 5.78. The molecule has 3 fully saturated rings. The van der Waals surface area contributed by atoms with Crippen LogP contribution in [0.4, 0.5) is 0 Å². The minimum atomic E-state index is -1.77. The lowest BCUT2D eigenvalue weighted by atomic mass is 9.98. The van der Waals surface area contributed by atoms with Gasteiger partial charge in [-0.2, -0.15) is 0 Å². The number of amides is 1. The van der Waals surface area contributed by atoms with Gasteiger partial charge in [0.2, 0.25) is 5.91 Å². The number of aliphatic hydroxyl groups excluding tert-OH is 4. The van der Waals surface area contributed by atoms with Crippen LogP contribution in [0.5, 0.6) is 0 Å².